The molecule has 1 aliphatic heterocycles. The van der Waals surface area contributed by atoms with E-state index in [4.69, 9.17) is 0 Å². The van der Waals surface area contributed by atoms with Crippen LogP contribution in [0.25, 0.3) is 10.8 Å². The zero-order valence-electron chi connectivity index (χ0n) is 12.2. The van der Waals surface area contributed by atoms with Crippen molar-refractivity contribution in [2.24, 2.45) is 0 Å². The van der Waals surface area contributed by atoms with Crippen LogP contribution in [0, 0.1) is 0 Å². The van der Waals surface area contributed by atoms with Gasteiger partial charge in [0, 0.05) is 17.5 Å². The summed E-state index contributed by atoms with van der Waals surface area (Å²) >= 11 is 0. The molecule has 1 aliphatic rings. The maximum Gasteiger partial charge on any atom is 0.259 e. The smallest absolute Gasteiger partial charge is 0.259 e. The minimum absolute atomic E-state index is 0.0173. The second kappa shape index (κ2) is 5.84. The van der Waals surface area contributed by atoms with Gasteiger partial charge in [-0.25, -0.2) is 0 Å². The molecule has 2 aromatic carbocycles. The van der Waals surface area contributed by atoms with Crippen LogP contribution in [0.2, 0.25) is 0 Å². The lowest BCUT2D eigenvalue weighted by atomic mass is 10.1. The first-order valence-corrected chi connectivity index (χ1v) is 7.44. The highest BCUT2D eigenvalue weighted by atomic mass is 16.3. The van der Waals surface area contributed by atoms with E-state index >= 15 is 0 Å². The Bertz CT molecular complexity index is 664. The van der Waals surface area contributed by atoms with Crippen LogP contribution in [-0.4, -0.2) is 36.8 Å². The van der Waals surface area contributed by atoms with Crippen molar-refractivity contribution in [3.8, 4) is 0 Å². The van der Waals surface area contributed by atoms with Crippen molar-refractivity contribution in [1.29, 1.82) is 0 Å². The fourth-order valence-corrected chi connectivity index (χ4v) is 2.88. The van der Waals surface area contributed by atoms with E-state index in [-0.39, 0.29) is 5.91 Å². The summed E-state index contributed by atoms with van der Waals surface area (Å²) in [4.78, 5) is 14.2. The predicted octanol–water partition coefficient (Wildman–Crippen LogP) is 2.16. The van der Waals surface area contributed by atoms with Crippen LogP contribution in [-0.2, 0) is 0 Å². The average molecular weight is 284 g/mol. The van der Waals surface area contributed by atoms with Crippen LogP contribution >= 0.6 is 0 Å². The third-order valence-electron chi connectivity index (χ3n) is 3.85. The van der Waals surface area contributed by atoms with Gasteiger partial charge in [0.05, 0.1) is 18.3 Å². The van der Waals surface area contributed by atoms with E-state index in [2.05, 4.69) is 12.2 Å². The molecule has 0 saturated carbocycles. The number of carbonyl (C=O) groups is 1. The first kappa shape index (κ1) is 14.0. The SMILES string of the molecule is CCCNCC(O)CN1C(=O)c2cccc3cccc1c23. The van der Waals surface area contributed by atoms with Crippen LogP contribution < -0.4 is 10.2 Å². The van der Waals surface area contributed by atoms with Crippen LogP contribution in [0.5, 0.6) is 0 Å². The summed E-state index contributed by atoms with van der Waals surface area (Å²) in [7, 11) is 0. The lowest BCUT2D eigenvalue weighted by molar-refractivity contribution is 0.0968. The quantitative estimate of drug-likeness (QED) is 0.799. The van der Waals surface area contributed by atoms with Gasteiger partial charge in [0.25, 0.3) is 5.91 Å². The Kier molecular flexibility index (Phi) is 3.90. The van der Waals surface area contributed by atoms with Crippen molar-refractivity contribution >= 4 is 22.4 Å². The average Bonchev–Trinajstić information content (AvgIpc) is 2.76. The zero-order chi connectivity index (χ0) is 14.8. The lowest BCUT2D eigenvalue weighted by Crippen LogP contribution is -2.40. The molecular weight excluding hydrogens is 264 g/mol. The highest BCUT2D eigenvalue weighted by molar-refractivity contribution is 6.25. The molecule has 0 spiro atoms. The molecule has 0 aliphatic carbocycles. The Hall–Kier alpha value is -1.91. The molecule has 0 radical (unpaired) electrons. The molecule has 1 unspecified atom stereocenters. The molecule has 3 rings (SSSR count). The van der Waals surface area contributed by atoms with Gasteiger partial charge in [0.15, 0.2) is 0 Å². The number of amides is 1. The first-order valence-electron chi connectivity index (χ1n) is 7.44. The van der Waals surface area contributed by atoms with E-state index in [9.17, 15) is 9.90 Å². The zero-order valence-corrected chi connectivity index (χ0v) is 12.2. The molecular formula is C17H20N2O2. The Labute approximate surface area is 124 Å². The van der Waals surface area contributed by atoms with Gasteiger partial charge < -0.3 is 15.3 Å². The number of aliphatic hydroxyl groups excluding tert-OH is 1. The van der Waals surface area contributed by atoms with Crippen molar-refractivity contribution in [2.45, 2.75) is 19.4 Å². The van der Waals surface area contributed by atoms with Crippen molar-refractivity contribution in [1.82, 2.24) is 5.32 Å². The largest absolute Gasteiger partial charge is 0.390 e. The molecule has 21 heavy (non-hydrogen) atoms. The van der Waals surface area contributed by atoms with Crippen LogP contribution in [0.4, 0.5) is 5.69 Å². The second-order valence-electron chi connectivity index (χ2n) is 5.45. The van der Waals surface area contributed by atoms with Crippen molar-refractivity contribution in [2.75, 3.05) is 24.5 Å². The van der Waals surface area contributed by atoms with E-state index in [1.807, 2.05) is 36.4 Å². The highest BCUT2D eigenvalue weighted by Crippen LogP contribution is 2.37. The third-order valence-corrected chi connectivity index (χ3v) is 3.85. The number of hydrogen-bond donors (Lipinski definition) is 2. The van der Waals surface area contributed by atoms with Gasteiger partial charge in [0.2, 0.25) is 0 Å². The van der Waals surface area contributed by atoms with E-state index in [1.165, 1.54) is 0 Å². The van der Waals surface area contributed by atoms with E-state index < -0.39 is 6.10 Å². The molecule has 0 fully saturated rings. The fraction of sp³-hybridized carbons (Fsp3) is 0.353. The Morgan fingerprint density at radius 2 is 2.00 bits per heavy atom. The maximum atomic E-state index is 12.5. The van der Waals surface area contributed by atoms with Crippen molar-refractivity contribution in [3.05, 3.63) is 42.0 Å². The predicted molar refractivity (Wildman–Crippen MR) is 84.8 cm³/mol. The maximum absolute atomic E-state index is 12.5. The number of nitrogens with one attached hydrogen (secondary N) is 1. The first-order chi connectivity index (χ1) is 10.2. The fourth-order valence-electron chi connectivity index (χ4n) is 2.88. The molecule has 4 nitrogen and oxygen atoms in total. The molecule has 0 saturated heterocycles. The standard InChI is InChI=1S/C17H20N2O2/c1-2-9-18-10-13(20)11-19-15-8-4-6-12-5-3-7-14(16(12)15)17(19)21/h3-8,13,18,20H,2,9-11H2,1H3. The van der Waals surface area contributed by atoms with E-state index in [0.717, 1.165) is 35.0 Å². The van der Waals surface area contributed by atoms with Gasteiger partial charge >= 0.3 is 0 Å². The molecule has 0 bridgehead atoms. The summed E-state index contributed by atoms with van der Waals surface area (Å²) in [6, 6.07) is 11.7. The highest BCUT2D eigenvalue weighted by Gasteiger charge is 2.30. The minimum Gasteiger partial charge on any atom is -0.390 e. The topological polar surface area (TPSA) is 52.6 Å². The van der Waals surface area contributed by atoms with E-state index in [1.54, 1.807) is 4.90 Å². The summed E-state index contributed by atoms with van der Waals surface area (Å²) < 4.78 is 0. The van der Waals surface area contributed by atoms with Crippen LogP contribution in [0.3, 0.4) is 0 Å². The minimum atomic E-state index is -0.565. The van der Waals surface area contributed by atoms with Crippen LogP contribution in [0.1, 0.15) is 23.7 Å². The molecule has 110 valence electrons. The Morgan fingerprint density at radius 3 is 2.76 bits per heavy atom. The Morgan fingerprint density at radius 1 is 1.24 bits per heavy atom. The van der Waals surface area contributed by atoms with Gasteiger partial charge in [-0.05, 0) is 30.5 Å². The molecule has 1 atom stereocenters. The molecule has 2 aromatic rings. The molecule has 4 heteroatoms. The van der Waals surface area contributed by atoms with Crippen molar-refractivity contribution < 1.29 is 9.90 Å². The van der Waals surface area contributed by atoms with Crippen LogP contribution in [0.15, 0.2) is 36.4 Å². The van der Waals surface area contributed by atoms with Gasteiger partial charge in [-0.2, -0.15) is 0 Å². The summed E-state index contributed by atoms with van der Waals surface area (Å²) in [5.74, 6) is -0.0173. The summed E-state index contributed by atoms with van der Waals surface area (Å²) in [5.41, 5.74) is 1.64. The number of β-amino-alcohol motifs (C(OH)–C–C–N with tert-alkyl or cyclic N) is 1. The number of nitrogens with zero attached hydrogens (tertiary/aromatic N) is 1. The van der Waals surface area contributed by atoms with E-state index in [0.29, 0.717) is 13.1 Å². The third kappa shape index (κ3) is 2.52. The van der Waals surface area contributed by atoms with Gasteiger partial charge in [-0.3, -0.25) is 4.79 Å². The van der Waals surface area contributed by atoms with Gasteiger partial charge in [-0.15, -0.1) is 0 Å². The lowest BCUT2D eigenvalue weighted by Gasteiger charge is -2.21. The monoisotopic (exact) mass is 284 g/mol. The van der Waals surface area contributed by atoms with Gasteiger partial charge in [0.1, 0.15) is 0 Å². The second-order valence-corrected chi connectivity index (χ2v) is 5.45. The number of benzene rings is 2. The number of hydrogen-bond acceptors (Lipinski definition) is 3. The van der Waals surface area contributed by atoms with Gasteiger partial charge in [-0.1, -0.05) is 31.2 Å². The normalized spacial score (nSPS) is 15.0. The molecule has 1 heterocycles. The number of aliphatic hydroxyl groups is 1. The summed E-state index contributed by atoms with van der Waals surface area (Å²) in [6.07, 6.45) is 0.463. The molecule has 1 amide bonds. The molecule has 2 N–H and O–H groups in total. The number of carbonyl (C=O) groups excluding carboxylic acids is 1. The number of anilines is 1. The molecule has 0 aromatic heterocycles. The number of rotatable bonds is 6. The summed E-state index contributed by atoms with van der Waals surface area (Å²) in [5, 5.41) is 15.4. The Balaban J connectivity index is 1.83. The summed E-state index contributed by atoms with van der Waals surface area (Å²) in [6.45, 7) is 3.79. The van der Waals surface area contributed by atoms with Crippen molar-refractivity contribution in [3.63, 3.8) is 0 Å².